The molecule has 3 N–H and O–H groups in total. The molecule has 250 valence electrons. The second-order valence-corrected chi connectivity index (χ2v) is 14.2. The first-order valence-corrected chi connectivity index (χ1v) is 17.7. The zero-order valence-corrected chi connectivity index (χ0v) is 29.0. The number of fused-ring (bicyclic) bond motifs is 4. The smallest absolute Gasteiger partial charge is 0.143 e. The lowest BCUT2D eigenvalue weighted by Gasteiger charge is -2.33. The molecule has 0 saturated carbocycles. The highest BCUT2D eigenvalue weighted by molar-refractivity contribution is 5.94. The molecule has 3 aliphatic heterocycles. The van der Waals surface area contributed by atoms with E-state index in [1.54, 1.807) is 0 Å². The fraction of sp³-hybridized carbons (Fsp3) is 0.130. The van der Waals surface area contributed by atoms with Gasteiger partial charge in [0.25, 0.3) is 0 Å². The summed E-state index contributed by atoms with van der Waals surface area (Å²) in [6, 6.07) is 45.2. The third kappa shape index (κ3) is 5.25. The molecule has 0 radical (unpaired) electrons. The van der Waals surface area contributed by atoms with Crippen LogP contribution in [-0.2, 0) is 5.41 Å². The van der Waals surface area contributed by atoms with E-state index in [2.05, 4.69) is 199 Å². The third-order valence-electron chi connectivity index (χ3n) is 10.8. The van der Waals surface area contributed by atoms with E-state index in [0.717, 1.165) is 45.0 Å². The fourth-order valence-electron chi connectivity index (χ4n) is 8.01. The van der Waals surface area contributed by atoms with Crippen molar-refractivity contribution in [3.63, 3.8) is 0 Å². The second kappa shape index (κ2) is 12.2. The minimum absolute atomic E-state index is 0.0693. The molecule has 3 heterocycles. The monoisotopic (exact) mass is 663 g/mol. The van der Waals surface area contributed by atoms with Gasteiger partial charge in [-0.25, -0.2) is 0 Å². The van der Waals surface area contributed by atoms with Gasteiger partial charge in [0, 0.05) is 23.7 Å². The molecule has 5 aromatic carbocycles. The van der Waals surface area contributed by atoms with Gasteiger partial charge in [-0.15, -0.1) is 0 Å². The number of nitrogens with two attached hydrogens (primary N) is 1. The molecule has 5 aromatic rings. The summed E-state index contributed by atoms with van der Waals surface area (Å²) in [5.41, 5.74) is 21.1. The quantitative estimate of drug-likeness (QED) is 0.177. The zero-order valence-electron chi connectivity index (χ0n) is 29.0. The van der Waals surface area contributed by atoms with Crippen LogP contribution in [0, 0.1) is 0 Å². The first-order valence-electron chi connectivity index (χ1n) is 17.7. The highest BCUT2D eigenvalue weighted by Crippen LogP contribution is 2.52. The van der Waals surface area contributed by atoms with E-state index in [-0.39, 0.29) is 17.7 Å². The van der Waals surface area contributed by atoms with Gasteiger partial charge >= 0.3 is 0 Å². The number of hydrazine groups is 1. The summed E-state index contributed by atoms with van der Waals surface area (Å²) < 4.78 is 0. The van der Waals surface area contributed by atoms with Gasteiger partial charge in [-0.2, -0.15) is 5.01 Å². The number of nitrogens with one attached hydrogen (secondary N) is 1. The van der Waals surface area contributed by atoms with Crippen LogP contribution in [-0.4, -0.2) is 17.7 Å². The van der Waals surface area contributed by atoms with Crippen molar-refractivity contribution < 1.29 is 0 Å². The van der Waals surface area contributed by atoms with Crippen molar-refractivity contribution in [1.82, 2.24) is 10.3 Å². The summed E-state index contributed by atoms with van der Waals surface area (Å²) in [5, 5.41) is 8.35. The van der Waals surface area contributed by atoms with E-state index in [0.29, 0.717) is 6.54 Å². The number of hydrogen-bond acceptors (Lipinski definition) is 5. The third-order valence-corrected chi connectivity index (χ3v) is 10.8. The Balaban J connectivity index is 1.13. The van der Waals surface area contributed by atoms with E-state index in [1.165, 1.54) is 27.8 Å². The summed E-state index contributed by atoms with van der Waals surface area (Å²) in [7, 11) is 0. The van der Waals surface area contributed by atoms with E-state index in [9.17, 15) is 0 Å². The second-order valence-electron chi connectivity index (χ2n) is 14.2. The fourth-order valence-corrected chi connectivity index (χ4v) is 8.01. The van der Waals surface area contributed by atoms with Crippen LogP contribution in [0.1, 0.15) is 47.8 Å². The Morgan fingerprint density at radius 1 is 0.745 bits per heavy atom. The van der Waals surface area contributed by atoms with Crippen LogP contribution in [0.15, 0.2) is 176 Å². The first kappa shape index (κ1) is 31.1. The minimum Gasteiger partial charge on any atom is -0.367 e. The van der Waals surface area contributed by atoms with E-state index < -0.39 is 0 Å². The van der Waals surface area contributed by atoms with Crippen LogP contribution in [0.3, 0.4) is 0 Å². The Labute approximate surface area is 300 Å². The van der Waals surface area contributed by atoms with Crippen molar-refractivity contribution in [2.75, 3.05) is 16.5 Å². The molecule has 3 atom stereocenters. The maximum atomic E-state index is 7.11. The average Bonchev–Trinajstić information content (AvgIpc) is 3.89. The van der Waals surface area contributed by atoms with Crippen molar-refractivity contribution in [2.45, 2.75) is 31.6 Å². The van der Waals surface area contributed by atoms with Crippen LogP contribution >= 0.6 is 0 Å². The number of hydrogen-bond donors (Lipinski definition) is 2. The van der Waals surface area contributed by atoms with Gasteiger partial charge in [-0.3, -0.25) is 5.01 Å². The minimum atomic E-state index is -0.305. The SMILES string of the molecule is C=C1/C=C\C(c2ccccc2)=C/N(C2=CC=C(C(N)N3C(c4ccccc4)N3c3ccccc3)CN2)c2cc3c(cc21)-c1ccccc1C3(C)C. The lowest BCUT2D eigenvalue weighted by atomic mass is 9.81. The maximum Gasteiger partial charge on any atom is 0.143 e. The molecular weight excluding hydrogens is 623 g/mol. The summed E-state index contributed by atoms with van der Waals surface area (Å²) in [6.45, 7) is 9.87. The van der Waals surface area contributed by atoms with Crippen molar-refractivity contribution in [1.29, 1.82) is 0 Å². The predicted octanol–water partition coefficient (Wildman–Crippen LogP) is 9.52. The first-order chi connectivity index (χ1) is 24.9. The Kier molecular flexibility index (Phi) is 7.42. The Bertz CT molecular complexity index is 2240. The average molecular weight is 664 g/mol. The van der Waals surface area contributed by atoms with Crippen LogP contribution in [0.5, 0.6) is 0 Å². The predicted molar refractivity (Wildman–Crippen MR) is 211 cm³/mol. The number of rotatable bonds is 6. The largest absolute Gasteiger partial charge is 0.367 e. The molecule has 51 heavy (non-hydrogen) atoms. The molecule has 0 amide bonds. The van der Waals surface area contributed by atoms with E-state index in [1.807, 2.05) is 0 Å². The molecule has 3 unspecified atom stereocenters. The molecular formula is C46H41N5. The molecule has 0 aromatic heterocycles. The number of nitrogens with zero attached hydrogens (tertiary/aromatic N) is 3. The van der Waals surface area contributed by atoms with Crippen molar-refractivity contribution in [3.8, 4) is 11.1 Å². The Morgan fingerprint density at radius 2 is 1.43 bits per heavy atom. The van der Waals surface area contributed by atoms with Gasteiger partial charge in [-0.1, -0.05) is 142 Å². The summed E-state index contributed by atoms with van der Waals surface area (Å²) in [4.78, 5) is 2.31. The van der Waals surface area contributed by atoms with Crippen molar-refractivity contribution in [3.05, 3.63) is 204 Å². The van der Waals surface area contributed by atoms with Gasteiger partial charge in [0.2, 0.25) is 0 Å². The summed E-state index contributed by atoms with van der Waals surface area (Å²) in [6.07, 6.45) is 10.7. The molecule has 0 bridgehead atoms. The highest BCUT2D eigenvalue weighted by atomic mass is 15.9. The van der Waals surface area contributed by atoms with Gasteiger partial charge in [-0.05, 0) is 80.4 Å². The van der Waals surface area contributed by atoms with Crippen LogP contribution in [0.25, 0.3) is 22.3 Å². The standard InChI is InChI=1S/C46H41N5/c1-31-23-24-35(32-15-7-4-8-16-32)30-49(42-28-41-39(27-38(31)42)37-21-13-14-22-40(37)46(41,2)3)43-26-25-34(29-48-43)44(47)51-45(33-17-9-5-10-18-33)50(51)36-19-11-6-12-20-36/h4-28,30,44-45,48H,1,29,47H2,2-3H3/b24-23-,35-30+. The summed E-state index contributed by atoms with van der Waals surface area (Å²) in [5.74, 6) is 0.988. The van der Waals surface area contributed by atoms with Gasteiger partial charge in [0.15, 0.2) is 0 Å². The molecule has 1 aliphatic carbocycles. The number of benzene rings is 5. The Morgan fingerprint density at radius 3 is 2.16 bits per heavy atom. The molecule has 1 fully saturated rings. The molecule has 5 heteroatoms. The van der Waals surface area contributed by atoms with Gasteiger partial charge < -0.3 is 16.0 Å². The summed E-state index contributed by atoms with van der Waals surface area (Å²) >= 11 is 0. The van der Waals surface area contributed by atoms with E-state index in [4.69, 9.17) is 5.73 Å². The number of allylic oxidation sites excluding steroid dienone is 6. The highest BCUT2D eigenvalue weighted by Gasteiger charge is 2.50. The molecule has 5 nitrogen and oxygen atoms in total. The number of anilines is 2. The van der Waals surface area contributed by atoms with Gasteiger partial charge in [0.05, 0.1) is 11.4 Å². The van der Waals surface area contributed by atoms with Crippen LogP contribution in [0.2, 0.25) is 0 Å². The zero-order chi connectivity index (χ0) is 34.7. The molecule has 0 spiro atoms. The Hall–Kier alpha value is -5.88. The maximum absolute atomic E-state index is 7.11. The molecule has 1 saturated heterocycles. The van der Waals surface area contributed by atoms with Crippen LogP contribution < -0.4 is 21.0 Å². The number of para-hydroxylation sites is 1. The van der Waals surface area contributed by atoms with E-state index >= 15 is 0 Å². The van der Waals surface area contributed by atoms with Crippen molar-refractivity contribution >= 4 is 22.5 Å². The van der Waals surface area contributed by atoms with Gasteiger partial charge in [0.1, 0.15) is 18.2 Å². The lowest BCUT2D eigenvalue weighted by Crippen LogP contribution is -2.41. The normalized spacial score (nSPS) is 22.1. The van der Waals surface area contributed by atoms with Crippen molar-refractivity contribution in [2.24, 2.45) is 5.73 Å². The number of dihydropyridines is 1. The molecule has 4 aliphatic rings. The topological polar surface area (TPSA) is 47.3 Å². The molecule has 9 rings (SSSR count). The lowest BCUT2D eigenvalue weighted by molar-refractivity contribution is 0.410. The van der Waals surface area contributed by atoms with Crippen LogP contribution in [0.4, 0.5) is 11.4 Å².